The van der Waals surface area contributed by atoms with Crippen LogP contribution in [0.5, 0.6) is 0 Å². The fourth-order valence-electron chi connectivity index (χ4n) is 2.56. The summed E-state index contributed by atoms with van der Waals surface area (Å²) in [5.74, 6) is 0.297. The highest BCUT2D eigenvalue weighted by molar-refractivity contribution is 5.78. The Bertz CT molecular complexity index is 213. The summed E-state index contributed by atoms with van der Waals surface area (Å²) >= 11 is 0. The Morgan fingerprint density at radius 3 is 2.71 bits per heavy atom. The van der Waals surface area contributed by atoms with E-state index < -0.39 is 0 Å². The van der Waals surface area contributed by atoms with Crippen LogP contribution in [0.3, 0.4) is 0 Å². The summed E-state index contributed by atoms with van der Waals surface area (Å²) in [4.78, 5) is 11.7. The first-order chi connectivity index (χ1) is 6.83. The average Bonchev–Trinajstić information content (AvgIpc) is 2.76. The molecule has 2 N–H and O–H groups in total. The highest BCUT2D eigenvalue weighted by Crippen LogP contribution is 2.27. The number of carbonyl (C=O) groups excluding carboxylic acids is 1. The SMILES string of the molecule is NCCN1CCC(=O)N1C1CCCC1. The molecule has 0 spiro atoms. The van der Waals surface area contributed by atoms with Gasteiger partial charge in [-0.05, 0) is 12.8 Å². The van der Waals surface area contributed by atoms with E-state index in [9.17, 15) is 4.79 Å². The molecule has 1 aliphatic heterocycles. The minimum atomic E-state index is 0.297. The maximum atomic E-state index is 11.7. The number of hydrogen-bond donors (Lipinski definition) is 1. The van der Waals surface area contributed by atoms with Crippen LogP contribution >= 0.6 is 0 Å². The molecule has 2 aliphatic rings. The molecule has 0 aromatic carbocycles. The summed E-state index contributed by atoms with van der Waals surface area (Å²) in [6, 6.07) is 0.469. The van der Waals surface area contributed by atoms with E-state index in [1.165, 1.54) is 25.7 Å². The van der Waals surface area contributed by atoms with Crippen molar-refractivity contribution in [1.82, 2.24) is 10.0 Å². The molecule has 1 aliphatic carbocycles. The second-order valence-corrected chi connectivity index (χ2v) is 4.17. The molecule has 80 valence electrons. The Kier molecular flexibility index (Phi) is 3.03. The fourth-order valence-corrected chi connectivity index (χ4v) is 2.56. The monoisotopic (exact) mass is 197 g/mol. The van der Waals surface area contributed by atoms with Crippen LogP contribution in [0.1, 0.15) is 32.1 Å². The van der Waals surface area contributed by atoms with Gasteiger partial charge in [-0.15, -0.1) is 0 Å². The number of hydrogen-bond acceptors (Lipinski definition) is 3. The van der Waals surface area contributed by atoms with Gasteiger partial charge in [-0.1, -0.05) is 12.8 Å². The molecule has 0 aromatic rings. The van der Waals surface area contributed by atoms with Gasteiger partial charge in [0.2, 0.25) is 5.91 Å². The van der Waals surface area contributed by atoms with Gasteiger partial charge in [-0.25, -0.2) is 5.01 Å². The van der Waals surface area contributed by atoms with E-state index in [4.69, 9.17) is 5.73 Å². The van der Waals surface area contributed by atoms with Crippen molar-refractivity contribution < 1.29 is 4.79 Å². The fraction of sp³-hybridized carbons (Fsp3) is 0.900. The minimum Gasteiger partial charge on any atom is -0.329 e. The number of amides is 1. The van der Waals surface area contributed by atoms with Crippen molar-refractivity contribution in [3.63, 3.8) is 0 Å². The summed E-state index contributed by atoms with van der Waals surface area (Å²) in [5.41, 5.74) is 5.54. The van der Waals surface area contributed by atoms with Gasteiger partial charge in [0.05, 0.1) is 0 Å². The Hall–Kier alpha value is -0.610. The summed E-state index contributed by atoms with van der Waals surface area (Å²) < 4.78 is 0. The lowest BCUT2D eigenvalue weighted by atomic mass is 10.2. The molecule has 0 radical (unpaired) electrons. The van der Waals surface area contributed by atoms with Crippen LogP contribution in [-0.4, -0.2) is 41.6 Å². The Morgan fingerprint density at radius 1 is 1.36 bits per heavy atom. The quantitative estimate of drug-likeness (QED) is 0.709. The lowest BCUT2D eigenvalue weighted by Gasteiger charge is -2.32. The van der Waals surface area contributed by atoms with Gasteiger partial charge in [0.15, 0.2) is 0 Å². The first kappa shape index (κ1) is 9.93. The molecule has 4 nitrogen and oxygen atoms in total. The number of rotatable bonds is 3. The molecule has 2 rings (SSSR count). The van der Waals surface area contributed by atoms with Crippen molar-refractivity contribution in [3.05, 3.63) is 0 Å². The van der Waals surface area contributed by atoms with E-state index in [2.05, 4.69) is 5.01 Å². The van der Waals surface area contributed by atoms with Crippen LogP contribution in [0.25, 0.3) is 0 Å². The van der Waals surface area contributed by atoms with Gasteiger partial charge in [0, 0.05) is 32.1 Å². The maximum absolute atomic E-state index is 11.7. The molecule has 0 bridgehead atoms. The summed E-state index contributed by atoms with van der Waals surface area (Å²) in [6.07, 6.45) is 5.56. The molecule has 14 heavy (non-hydrogen) atoms. The van der Waals surface area contributed by atoms with Crippen molar-refractivity contribution >= 4 is 5.91 Å². The zero-order valence-corrected chi connectivity index (χ0v) is 8.61. The van der Waals surface area contributed by atoms with Gasteiger partial charge in [0.25, 0.3) is 0 Å². The topological polar surface area (TPSA) is 49.6 Å². The van der Waals surface area contributed by atoms with Gasteiger partial charge in [0.1, 0.15) is 0 Å². The van der Waals surface area contributed by atoms with Gasteiger partial charge in [-0.3, -0.25) is 9.80 Å². The summed E-state index contributed by atoms with van der Waals surface area (Å²) in [5, 5.41) is 4.12. The molecule has 4 heteroatoms. The van der Waals surface area contributed by atoms with Crippen LogP contribution in [0.4, 0.5) is 0 Å². The number of nitrogens with zero attached hydrogens (tertiary/aromatic N) is 2. The Balaban J connectivity index is 2.00. The lowest BCUT2D eigenvalue weighted by molar-refractivity contribution is -0.142. The Labute approximate surface area is 85.0 Å². The van der Waals surface area contributed by atoms with Crippen LogP contribution in [0, 0.1) is 0 Å². The maximum Gasteiger partial charge on any atom is 0.238 e. The van der Waals surface area contributed by atoms with Crippen molar-refractivity contribution in [1.29, 1.82) is 0 Å². The first-order valence-corrected chi connectivity index (χ1v) is 5.60. The highest BCUT2D eigenvalue weighted by atomic mass is 16.2. The zero-order chi connectivity index (χ0) is 9.97. The van der Waals surface area contributed by atoms with Crippen LogP contribution in [0.2, 0.25) is 0 Å². The van der Waals surface area contributed by atoms with E-state index in [-0.39, 0.29) is 0 Å². The first-order valence-electron chi connectivity index (χ1n) is 5.60. The Morgan fingerprint density at radius 2 is 2.07 bits per heavy atom. The summed E-state index contributed by atoms with van der Waals surface area (Å²) in [7, 11) is 0. The van der Waals surface area contributed by atoms with Gasteiger partial charge < -0.3 is 5.73 Å². The molecule has 0 atom stereocenters. The van der Waals surface area contributed by atoms with Crippen LogP contribution in [-0.2, 0) is 4.79 Å². The third-order valence-electron chi connectivity index (χ3n) is 3.20. The molecule has 2 fully saturated rings. The third-order valence-corrected chi connectivity index (χ3v) is 3.20. The van der Waals surface area contributed by atoms with Crippen molar-refractivity contribution in [2.24, 2.45) is 5.73 Å². The van der Waals surface area contributed by atoms with E-state index in [0.29, 0.717) is 24.9 Å². The number of carbonyl (C=O) groups is 1. The largest absolute Gasteiger partial charge is 0.329 e. The van der Waals surface area contributed by atoms with Crippen molar-refractivity contribution in [3.8, 4) is 0 Å². The van der Waals surface area contributed by atoms with E-state index >= 15 is 0 Å². The van der Waals surface area contributed by atoms with E-state index in [1.54, 1.807) is 0 Å². The number of nitrogens with two attached hydrogens (primary N) is 1. The predicted molar refractivity (Wildman–Crippen MR) is 54.3 cm³/mol. The molecule has 1 heterocycles. The predicted octanol–water partition coefficient (Wildman–Crippen LogP) is 0.337. The standard InChI is InChI=1S/C10H19N3O/c11-6-8-12-7-5-10(14)13(12)9-3-1-2-4-9/h9H,1-8,11H2. The average molecular weight is 197 g/mol. The van der Waals surface area contributed by atoms with Crippen LogP contribution < -0.4 is 5.73 Å². The second kappa shape index (κ2) is 4.28. The van der Waals surface area contributed by atoms with E-state index in [1.807, 2.05) is 5.01 Å². The van der Waals surface area contributed by atoms with Gasteiger partial charge in [-0.2, -0.15) is 0 Å². The molecular formula is C10H19N3O. The second-order valence-electron chi connectivity index (χ2n) is 4.17. The molecular weight excluding hydrogens is 178 g/mol. The van der Waals surface area contributed by atoms with E-state index in [0.717, 1.165) is 13.1 Å². The highest BCUT2D eigenvalue weighted by Gasteiger charge is 2.35. The van der Waals surface area contributed by atoms with Crippen LogP contribution in [0.15, 0.2) is 0 Å². The summed E-state index contributed by atoms with van der Waals surface area (Å²) in [6.45, 7) is 2.32. The third kappa shape index (κ3) is 1.77. The zero-order valence-electron chi connectivity index (χ0n) is 8.61. The molecule has 1 saturated carbocycles. The lowest BCUT2D eigenvalue weighted by Crippen LogP contribution is -2.46. The molecule has 1 saturated heterocycles. The van der Waals surface area contributed by atoms with Crippen molar-refractivity contribution in [2.75, 3.05) is 19.6 Å². The number of hydrazine groups is 1. The van der Waals surface area contributed by atoms with Crippen molar-refractivity contribution in [2.45, 2.75) is 38.1 Å². The molecule has 1 amide bonds. The normalized spacial score (nSPS) is 25.2. The molecule has 0 unspecified atom stereocenters. The van der Waals surface area contributed by atoms with Gasteiger partial charge >= 0.3 is 0 Å². The minimum absolute atomic E-state index is 0.297. The molecule has 0 aromatic heterocycles. The smallest absolute Gasteiger partial charge is 0.238 e.